The summed E-state index contributed by atoms with van der Waals surface area (Å²) in [4.78, 5) is 14.4. The number of carbonyl (C=O) groups excluding carboxylic acids is 1. The van der Waals surface area contributed by atoms with Gasteiger partial charge in [-0.1, -0.05) is 19.1 Å². The van der Waals surface area contributed by atoms with Crippen molar-refractivity contribution < 1.29 is 14.3 Å². The molecule has 0 bridgehead atoms. The molecule has 1 aliphatic heterocycles. The molecule has 128 valence electrons. The molecule has 0 aliphatic carbocycles. The number of para-hydroxylation sites is 2. The van der Waals surface area contributed by atoms with Crippen LogP contribution in [0.3, 0.4) is 0 Å². The molecule has 0 saturated carbocycles. The van der Waals surface area contributed by atoms with E-state index in [0.717, 1.165) is 12.0 Å². The molecule has 2 aromatic rings. The van der Waals surface area contributed by atoms with Crippen LogP contribution in [0.4, 0.5) is 10.5 Å². The Balaban J connectivity index is 1.64. The number of rotatable bonds is 5. The van der Waals surface area contributed by atoms with E-state index in [4.69, 9.17) is 9.47 Å². The Morgan fingerprint density at radius 2 is 2.29 bits per heavy atom. The topological polar surface area (TPSA) is 50.8 Å². The fraction of sp³-hybridized carbons (Fsp3) is 0.389. The number of hydrogen-bond donors (Lipinski definition) is 1. The van der Waals surface area contributed by atoms with Gasteiger partial charge in [0.25, 0.3) is 0 Å². The van der Waals surface area contributed by atoms with Crippen LogP contribution in [-0.2, 0) is 4.74 Å². The van der Waals surface area contributed by atoms with Gasteiger partial charge in [-0.05, 0) is 40.9 Å². The fourth-order valence-corrected chi connectivity index (χ4v) is 3.30. The molecule has 2 amide bonds. The van der Waals surface area contributed by atoms with Crippen LogP contribution in [0.25, 0.3) is 0 Å². The van der Waals surface area contributed by atoms with Crippen LogP contribution < -0.4 is 10.1 Å². The number of benzene rings is 1. The number of amides is 2. The van der Waals surface area contributed by atoms with Gasteiger partial charge in [0, 0.05) is 6.54 Å². The van der Waals surface area contributed by atoms with Gasteiger partial charge in [0.1, 0.15) is 11.9 Å². The number of nitrogens with one attached hydrogen (secondary N) is 1. The van der Waals surface area contributed by atoms with Gasteiger partial charge in [-0.2, -0.15) is 11.3 Å². The van der Waals surface area contributed by atoms with E-state index in [1.165, 1.54) is 0 Å². The quantitative estimate of drug-likeness (QED) is 0.885. The molecule has 0 radical (unpaired) electrons. The molecular weight excluding hydrogens is 324 g/mol. The summed E-state index contributed by atoms with van der Waals surface area (Å²) in [5.41, 5.74) is 1.83. The van der Waals surface area contributed by atoms with Gasteiger partial charge in [-0.3, -0.25) is 0 Å². The smallest absolute Gasteiger partial charge is 0.322 e. The molecule has 1 atom stereocenters. The van der Waals surface area contributed by atoms with E-state index < -0.39 is 0 Å². The van der Waals surface area contributed by atoms with Gasteiger partial charge < -0.3 is 19.7 Å². The summed E-state index contributed by atoms with van der Waals surface area (Å²) in [5, 5.41) is 7.06. The Bertz CT molecular complexity index is 660. The molecule has 3 rings (SSSR count). The van der Waals surface area contributed by atoms with Crippen LogP contribution in [0.1, 0.15) is 25.0 Å². The highest BCUT2D eigenvalue weighted by Gasteiger charge is 2.26. The van der Waals surface area contributed by atoms with Crippen molar-refractivity contribution in [3.63, 3.8) is 0 Å². The molecule has 5 nitrogen and oxygen atoms in total. The molecule has 24 heavy (non-hydrogen) atoms. The van der Waals surface area contributed by atoms with E-state index in [0.29, 0.717) is 37.7 Å². The van der Waals surface area contributed by atoms with Gasteiger partial charge in [-0.15, -0.1) is 0 Å². The normalized spacial score (nSPS) is 17.5. The van der Waals surface area contributed by atoms with Crippen LogP contribution in [-0.4, -0.2) is 37.2 Å². The predicted molar refractivity (Wildman–Crippen MR) is 95.8 cm³/mol. The predicted octanol–water partition coefficient (Wildman–Crippen LogP) is 4.14. The zero-order valence-corrected chi connectivity index (χ0v) is 14.6. The molecule has 1 aromatic heterocycles. The maximum absolute atomic E-state index is 12.6. The lowest BCUT2D eigenvalue weighted by molar-refractivity contribution is -0.0132. The number of nitrogens with zero attached hydrogens (tertiary/aromatic N) is 1. The second-order valence-electron chi connectivity index (χ2n) is 5.64. The lowest BCUT2D eigenvalue weighted by Gasteiger charge is -2.32. The monoisotopic (exact) mass is 346 g/mol. The first kappa shape index (κ1) is 16.8. The van der Waals surface area contributed by atoms with Gasteiger partial charge in [0.15, 0.2) is 0 Å². The van der Waals surface area contributed by atoms with E-state index in [-0.39, 0.29) is 12.1 Å². The number of carbonyl (C=O) groups is 1. The zero-order chi connectivity index (χ0) is 16.8. The molecule has 6 heteroatoms. The number of ether oxygens (including phenoxy) is 2. The molecule has 1 saturated heterocycles. The van der Waals surface area contributed by atoms with Gasteiger partial charge in [-0.25, -0.2) is 4.79 Å². The van der Waals surface area contributed by atoms with Crippen LogP contribution in [0.5, 0.6) is 5.75 Å². The molecule has 1 aromatic carbocycles. The molecule has 1 aliphatic rings. The SMILES string of the molecule is CCCOc1ccccc1NC(=O)N1CCOC(c2ccsc2)C1. The summed E-state index contributed by atoms with van der Waals surface area (Å²) >= 11 is 1.64. The second kappa shape index (κ2) is 8.17. The van der Waals surface area contributed by atoms with E-state index in [1.54, 1.807) is 16.2 Å². The highest BCUT2D eigenvalue weighted by molar-refractivity contribution is 7.07. The minimum Gasteiger partial charge on any atom is -0.491 e. The Hall–Kier alpha value is -2.05. The Morgan fingerprint density at radius 1 is 1.42 bits per heavy atom. The third-order valence-electron chi connectivity index (χ3n) is 3.86. The van der Waals surface area contributed by atoms with E-state index in [1.807, 2.05) is 35.7 Å². The van der Waals surface area contributed by atoms with Crippen LogP contribution in [0.15, 0.2) is 41.1 Å². The number of thiophene rings is 1. The summed E-state index contributed by atoms with van der Waals surface area (Å²) in [6.07, 6.45) is 0.871. The van der Waals surface area contributed by atoms with Gasteiger partial charge in [0.05, 0.1) is 25.4 Å². The minimum atomic E-state index is -0.119. The zero-order valence-electron chi connectivity index (χ0n) is 13.7. The van der Waals surface area contributed by atoms with Crippen LogP contribution in [0, 0.1) is 0 Å². The van der Waals surface area contributed by atoms with Crippen molar-refractivity contribution >= 4 is 23.1 Å². The molecule has 0 spiro atoms. The van der Waals surface area contributed by atoms with Crippen molar-refractivity contribution in [2.75, 3.05) is 31.6 Å². The number of urea groups is 1. The molecular formula is C18H22N2O3S. The average Bonchev–Trinajstić information content (AvgIpc) is 3.16. The first-order valence-electron chi connectivity index (χ1n) is 8.19. The van der Waals surface area contributed by atoms with Crippen molar-refractivity contribution in [3.05, 3.63) is 46.7 Å². The van der Waals surface area contributed by atoms with Crippen molar-refractivity contribution in [2.24, 2.45) is 0 Å². The third kappa shape index (κ3) is 4.07. The van der Waals surface area contributed by atoms with Crippen molar-refractivity contribution in [1.82, 2.24) is 4.90 Å². The van der Waals surface area contributed by atoms with Crippen molar-refractivity contribution in [1.29, 1.82) is 0 Å². The molecule has 1 unspecified atom stereocenters. The van der Waals surface area contributed by atoms with E-state index >= 15 is 0 Å². The standard InChI is InChI=1S/C18H22N2O3S/c1-2-9-22-16-6-4-3-5-15(16)19-18(21)20-8-10-23-17(12-20)14-7-11-24-13-14/h3-7,11,13,17H,2,8-10,12H2,1H3,(H,19,21). The van der Waals surface area contributed by atoms with Gasteiger partial charge in [0.2, 0.25) is 0 Å². The number of hydrogen-bond acceptors (Lipinski definition) is 4. The lowest BCUT2D eigenvalue weighted by Crippen LogP contribution is -2.44. The van der Waals surface area contributed by atoms with E-state index in [9.17, 15) is 4.79 Å². The summed E-state index contributed by atoms with van der Waals surface area (Å²) in [7, 11) is 0. The summed E-state index contributed by atoms with van der Waals surface area (Å²) in [6.45, 7) is 4.37. The summed E-state index contributed by atoms with van der Waals surface area (Å²) < 4.78 is 11.5. The van der Waals surface area contributed by atoms with Crippen LogP contribution in [0.2, 0.25) is 0 Å². The molecule has 1 fully saturated rings. The summed E-state index contributed by atoms with van der Waals surface area (Å²) in [5.74, 6) is 0.704. The minimum absolute atomic E-state index is 0.0534. The van der Waals surface area contributed by atoms with Crippen LogP contribution >= 0.6 is 11.3 Å². The largest absolute Gasteiger partial charge is 0.491 e. The number of anilines is 1. The summed E-state index contributed by atoms with van der Waals surface area (Å²) in [6, 6.07) is 9.46. The first-order chi connectivity index (χ1) is 11.8. The number of morpholine rings is 1. The van der Waals surface area contributed by atoms with Gasteiger partial charge >= 0.3 is 6.03 Å². The van der Waals surface area contributed by atoms with Crippen molar-refractivity contribution in [2.45, 2.75) is 19.4 Å². The molecule has 2 heterocycles. The lowest BCUT2D eigenvalue weighted by atomic mass is 10.1. The maximum atomic E-state index is 12.6. The Morgan fingerprint density at radius 3 is 3.08 bits per heavy atom. The fourth-order valence-electron chi connectivity index (χ4n) is 2.60. The third-order valence-corrected chi connectivity index (χ3v) is 4.56. The second-order valence-corrected chi connectivity index (χ2v) is 6.42. The van der Waals surface area contributed by atoms with E-state index in [2.05, 4.69) is 17.6 Å². The highest BCUT2D eigenvalue weighted by Crippen LogP contribution is 2.27. The maximum Gasteiger partial charge on any atom is 0.322 e. The Labute approximate surface area is 146 Å². The average molecular weight is 346 g/mol. The highest BCUT2D eigenvalue weighted by atomic mass is 32.1. The first-order valence-corrected chi connectivity index (χ1v) is 9.13. The van der Waals surface area contributed by atoms with Crippen molar-refractivity contribution in [3.8, 4) is 5.75 Å². The molecule has 1 N–H and O–H groups in total. The Kier molecular flexibility index (Phi) is 5.72.